The molecule has 0 radical (unpaired) electrons. The summed E-state index contributed by atoms with van der Waals surface area (Å²) < 4.78 is 64.4. The summed E-state index contributed by atoms with van der Waals surface area (Å²) in [6.07, 6.45) is 6.77. The minimum atomic E-state index is -4.04. The molecular weight excluding hydrogens is 629 g/mol. The summed E-state index contributed by atoms with van der Waals surface area (Å²) in [6.45, 7) is 4.01. The molecule has 0 saturated carbocycles. The van der Waals surface area contributed by atoms with Gasteiger partial charge in [-0.1, -0.05) is 36.4 Å². The molecule has 0 spiro atoms. The fourth-order valence-corrected chi connectivity index (χ4v) is 9.03. The molecule has 46 heavy (non-hydrogen) atoms. The fourth-order valence-electron chi connectivity index (χ4n) is 5.60. The normalized spacial score (nSPS) is 18.7. The third kappa shape index (κ3) is 8.47. The van der Waals surface area contributed by atoms with E-state index in [1.807, 2.05) is 0 Å². The standard InChI is InChI=1S/C34H40N2O8S2/c1-3-43-33(37)31(45(39,40)29-17-7-5-8-18-29)25-13-11-15-27(23-25)35-21-22-36-28-16-12-14-26(24-28)32(34(38)44-4-2)46(41,42)30-19-9-6-10-20-30/h5-10,17-20,23-24,31-32H,3-4,11-16,21-22H2,1-2H3. The maximum absolute atomic E-state index is 13.5. The second-order valence-electron chi connectivity index (χ2n) is 10.9. The van der Waals surface area contributed by atoms with E-state index < -0.39 is 42.1 Å². The molecule has 0 bridgehead atoms. The van der Waals surface area contributed by atoms with Crippen molar-refractivity contribution >= 4 is 43.0 Å². The van der Waals surface area contributed by atoms with Crippen LogP contribution in [0.2, 0.25) is 0 Å². The van der Waals surface area contributed by atoms with Crippen molar-refractivity contribution in [3.63, 3.8) is 0 Å². The zero-order chi connectivity index (χ0) is 33.2. The Labute approximate surface area is 271 Å². The van der Waals surface area contributed by atoms with Crippen molar-refractivity contribution in [3.05, 3.63) is 84.0 Å². The van der Waals surface area contributed by atoms with Gasteiger partial charge in [-0.15, -0.1) is 0 Å². The fraction of sp³-hybridized carbons (Fsp3) is 0.412. The predicted molar refractivity (Wildman–Crippen MR) is 177 cm³/mol. The topological polar surface area (TPSA) is 146 Å². The van der Waals surface area contributed by atoms with Crippen LogP contribution in [-0.4, -0.2) is 77.0 Å². The van der Waals surface area contributed by atoms with Gasteiger partial charge in [0.25, 0.3) is 0 Å². The van der Waals surface area contributed by atoms with Crippen LogP contribution in [0.4, 0.5) is 0 Å². The smallest absolute Gasteiger partial charge is 0.328 e. The molecule has 0 heterocycles. The van der Waals surface area contributed by atoms with Gasteiger partial charge in [-0.05, 0) is 99.9 Å². The van der Waals surface area contributed by atoms with Crippen molar-refractivity contribution in [3.8, 4) is 0 Å². The van der Waals surface area contributed by atoms with Gasteiger partial charge in [0.1, 0.15) is 0 Å². The minimum absolute atomic E-state index is 0.0514. The molecule has 2 aliphatic rings. The molecule has 0 aromatic heterocycles. The first-order valence-corrected chi connectivity index (χ1v) is 18.6. The summed E-state index contributed by atoms with van der Waals surface area (Å²) in [4.78, 5) is 35.2. The van der Waals surface area contributed by atoms with E-state index >= 15 is 0 Å². The number of nitrogens with zero attached hydrogens (tertiary/aromatic N) is 2. The maximum Gasteiger partial charge on any atom is 0.328 e. The van der Waals surface area contributed by atoms with Gasteiger partial charge in [0.2, 0.25) is 0 Å². The highest BCUT2D eigenvalue weighted by Crippen LogP contribution is 2.30. The average Bonchev–Trinajstić information content (AvgIpc) is 3.04. The molecule has 0 N–H and O–H groups in total. The van der Waals surface area contributed by atoms with Crippen LogP contribution >= 0.6 is 0 Å². The predicted octanol–water partition coefficient (Wildman–Crippen LogP) is 4.90. The molecular formula is C34H40N2O8S2. The molecule has 0 amide bonds. The van der Waals surface area contributed by atoms with Gasteiger partial charge in [-0.25, -0.2) is 16.8 Å². The Kier molecular flexibility index (Phi) is 12.2. The van der Waals surface area contributed by atoms with Crippen molar-refractivity contribution in [1.29, 1.82) is 0 Å². The van der Waals surface area contributed by atoms with Crippen LogP contribution < -0.4 is 0 Å². The van der Waals surface area contributed by atoms with Crippen molar-refractivity contribution in [1.82, 2.24) is 0 Å². The number of rotatable bonds is 13. The van der Waals surface area contributed by atoms with Crippen LogP contribution in [0, 0.1) is 0 Å². The first-order chi connectivity index (χ1) is 22.1. The van der Waals surface area contributed by atoms with Crippen molar-refractivity contribution in [2.24, 2.45) is 9.98 Å². The monoisotopic (exact) mass is 668 g/mol. The highest BCUT2D eigenvalue weighted by Gasteiger charge is 2.40. The first-order valence-electron chi connectivity index (χ1n) is 15.5. The van der Waals surface area contributed by atoms with Gasteiger partial charge < -0.3 is 9.47 Å². The van der Waals surface area contributed by atoms with E-state index in [0.717, 1.165) is 0 Å². The number of ether oxygens (including phenoxy) is 2. The number of esters is 2. The van der Waals surface area contributed by atoms with Crippen LogP contribution in [0.25, 0.3) is 0 Å². The van der Waals surface area contributed by atoms with Crippen LogP contribution in [0.15, 0.2) is 104 Å². The van der Waals surface area contributed by atoms with Crippen LogP contribution in [-0.2, 0) is 38.7 Å². The van der Waals surface area contributed by atoms with E-state index in [4.69, 9.17) is 9.47 Å². The van der Waals surface area contributed by atoms with Gasteiger partial charge in [0, 0.05) is 11.4 Å². The van der Waals surface area contributed by atoms with Crippen molar-refractivity contribution in [2.45, 2.75) is 72.7 Å². The third-order valence-corrected chi connectivity index (χ3v) is 11.8. The first kappa shape index (κ1) is 35.0. The van der Waals surface area contributed by atoms with Gasteiger partial charge in [0.05, 0.1) is 36.1 Å². The Hall–Kier alpha value is -3.90. The van der Waals surface area contributed by atoms with E-state index in [2.05, 4.69) is 9.98 Å². The largest absolute Gasteiger partial charge is 0.465 e. The summed E-state index contributed by atoms with van der Waals surface area (Å²) in [6, 6.07) is 15.7. The van der Waals surface area contributed by atoms with Crippen LogP contribution in [0.5, 0.6) is 0 Å². The second-order valence-corrected chi connectivity index (χ2v) is 14.9. The molecule has 2 atom stereocenters. The van der Waals surface area contributed by atoms with Crippen molar-refractivity contribution in [2.75, 3.05) is 26.3 Å². The minimum Gasteiger partial charge on any atom is -0.465 e. The zero-order valence-corrected chi connectivity index (χ0v) is 27.8. The highest BCUT2D eigenvalue weighted by atomic mass is 32.2. The van der Waals surface area contributed by atoms with Crippen LogP contribution in [0.3, 0.4) is 0 Å². The summed E-state index contributed by atoms with van der Waals surface area (Å²) in [5.74, 6) is -1.61. The quantitative estimate of drug-likeness (QED) is 0.217. The average molecular weight is 669 g/mol. The summed E-state index contributed by atoms with van der Waals surface area (Å²) >= 11 is 0. The van der Waals surface area contributed by atoms with Gasteiger partial charge in [0.15, 0.2) is 30.2 Å². The number of carbonyl (C=O) groups excluding carboxylic acids is 2. The molecule has 4 rings (SSSR count). The Morgan fingerprint density at radius 1 is 0.630 bits per heavy atom. The Morgan fingerprint density at radius 3 is 1.35 bits per heavy atom. The zero-order valence-electron chi connectivity index (χ0n) is 26.1. The van der Waals surface area contributed by atoms with Gasteiger partial charge in [-0.3, -0.25) is 19.6 Å². The molecule has 2 aromatic carbocycles. The lowest BCUT2D eigenvalue weighted by molar-refractivity contribution is -0.142. The molecule has 246 valence electrons. The second kappa shape index (κ2) is 16.1. The highest BCUT2D eigenvalue weighted by molar-refractivity contribution is 7.93. The van der Waals surface area contributed by atoms with E-state index in [-0.39, 0.29) is 23.0 Å². The summed E-state index contributed by atoms with van der Waals surface area (Å²) in [5, 5.41) is -2.91. The molecule has 2 unspecified atom stereocenters. The Bertz CT molecular complexity index is 1600. The maximum atomic E-state index is 13.5. The molecule has 10 nitrogen and oxygen atoms in total. The lowest BCUT2D eigenvalue weighted by Crippen LogP contribution is -2.35. The molecule has 0 fully saturated rings. The third-order valence-electron chi connectivity index (χ3n) is 7.67. The number of carbonyl (C=O) groups is 2. The summed E-state index contributed by atoms with van der Waals surface area (Å²) in [7, 11) is -8.08. The molecule has 2 aliphatic carbocycles. The number of hydrogen-bond acceptors (Lipinski definition) is 10. The Balaban J connectivity index is 1.53. The lowest BCUT2D eigenvalue weighted by Gasteiger charge is -2.23. The number of hydrogen-bond donors (Lipinski definition) is 0. The molecule has 0 saturated heterocycles. The number of allylic oxidation sites excluding steroid dienone is 2. The van der Waals surface area contributed by atoms with E-state index in [9.17, 15) is 26.4 Å². The van der Waals surface area contributed by atoms with E-state index in [1.165, 1.54) is 24.3 Å². The van der Waals surface area contributed by atoms with Gasteiger partial charge in [-0.2, -0.15) is 0 Å². The van der Waals surface area contributed by atoms with Crippen LogP contribution in [0.1, 0.15) is 52.4 Å². The SMILES string of the molecule is CCOC(=O)C(C1=CC(=NCCN=C2C=C(C(C(=O)OCC)S(=O)(=O)c3ccccc3)CCC2)CCC1)S(=O)(=O)c1ccccc1. The van der Waals surface area contributed by atoms with Gasteiger partial charge >= 0.3 is 11.9 Å². The van der Waals surface area contributed by atoms with Crippen molar-refractivity contribution < 1.29 is 35.9 Å². The van der Waals surface area contributed by atoms with E-state index in [0.29, 0.717) is 74.2 Å². The number of benzene rings is 2. The Morgan fingerprint density at radius 2 is 1.00 bits per heavy atom. The number of sulfone groups is 2. The van der Waals surface area contributed by atoms with E-state index in [1.54, 1.807) is 62.4 Å². The molecule has 2 aromatic rings. The molecule has 12 heteroatoms. The number of aliphatic imine (C=N–C) groups is 2. The lowest BCUT2D eigenvalue weighted by atomic mass is 9.95. The summed E-state index contributed by atoms with van der Waals surface area (Å²) in [5.41, 5.74) is 2.25. The molecule has 0 aliphatic heterocycles.